The Balaban J connectivity index is 1.72. The highest BCUT2D eigenvalue weighted by molar-refractivity contribution is 6.29. The first-order chi connectivity index (χ1) is 13.6. The number of aryl methyl sites for hydroxylation is 1. The molecule has 0 fully saturated rings. The molecule has 0 unspecified atom stereocenters. The minimum Gasteiger partial charge on any atom is -0.486 e. The number of para-hydroxylation sites is 1. The smallest absolute Gasteiger partial charge is 0.341 e. The molecule has 3 N–H and O–H groups in total. The number of ether oxygens (including phenoxy) is 1. The molecule has 3 aromatic rings. The summed E-state index contributed by atoms with van der Waals surface area (Å²) in [7, 11) is 0. The van der Waals surface area contributed by atoms with Crippen LogP contribution in [-0.2, 0) is 6.61 Å². The molecule has 2 amide bonds. The van der Waals surface area contributed by atoms with E-state index >= 15 is 0 Å². The summed E-state index contributed by atoms with van der Waals surface area (Å²) >= 11 is 5.95. The molecule has 2 aromatic carbocycles. The maximum Gasteiger partial charge on any atom is 0.341 e. The van der Waals surface area contributed by atoms with Crippen molar-refractivity contribution in [2.45, 2.75) is 13.5 Å². The molecule has 0 aliphatic carbocycles. The minimum atomic E-state index is -0.608. The lowest BCUT2D eigenvalue weighted by Crippen LogP contribution is -2.23. The summed E-state index contributed by atoms with van der Waals surface area (Å²) in [6.45, 7) is 2.22. The van der Waals surface area contributed by atoms with E-state index in [9.17, 15) is 4.79 Å². The summed E-state index contributed by atoms with van der Waals surface area (Å²) in [5.74, 6) is 0.559. The van der Waals surface area contributed by atoms with Crippen molar-refractivity contribution in [2.75, 3.05) is 5.32 Å². The molecule has 0 aliphatic rings. The van der Waals surface area contributed by atoms with Gasteiger partial charge < -0.3 is 10.1 Å². The van der Waals surface area contributed by atoms with Crippen LogP contribution in [0.25, 0.3) is 11.3 Å². The maximum atomic E-state index is 11.6. The number of pyridine rings is 1. The second-order valence-electron chi connectivity index (χ2n) is 5.96. The zero-order valence-corrected chi connectivity index (χ0v) is 15.8. The summed E-state index contributed by atoms with van der Waals surface area (Å²) < 4.78 is 5.94. The monoisotopic (exact) mass is 395 g/mol. The van der Waals surface area contributed by atoms with Crippen molar-refractivity contribution >= 4 is 23.3 Å². The zero-order valence-electron chi connectivity index (χ0n) is 15.1. The second-order valence-corrected chi connectivity index (χ2v) is 6.35. The SMILES string of the molecule is Cc1cccc(NC(=O)NN=N)c1OCc1ccc(-c2cccc(Cl)n2)cc1. The molecule has 0 atom stereocenters. The standard InChI is InChI=1S/C20H18ClN5O2/c1-13-4-2-6-17(24-20(27)25-26-22)19(13)28-12-14-8-10-15(11-9-14)16-5-3-7-18(21)23-16/h2-11H,12H2,1H3,(H3,22,24,25,27). The number of anilines is 1. The molecular formula is C20H18ClN5O2. The maximum absolute atomic E-state index is 11.6. The van der Waals surface area contributed by atoms with E-state index in [1.54, 1.807) is 12.1 Å². The fourth-order valence-corrected chi connectivity index (χ4v) is 2.80. The minimum absolute atomic E-state index is 0.327. The average molecular weight is 396 g/mol. The van der Waals surface area contributed by atoms with Crippen molar-refractivity contribution in [3.63, 3.8) is 0 Å². The third kappa shape index (κ3) is 4.83. The zero-order chi connectivity index (χ0) is 19.9. The van der Waals surface area contributed by atoms with E-state index < -0.39 is 6.03 Å². The Labute approximate surface area is 167 Å². The lowest BCUT2D eigenvalue weighted by Gasteiger charge is -2.15. The Morgan fingerprint density at radius 3 is 2.61 bits per heavy atom. The largest absolute Gasteiger partial charge is 0.486 e. The second kappa shape index (κ2) is 8.96. The Hall–Kier alpha value is -3.45. The first kappa shape index (κ1) is 19.3. The third-order valence-corrected chi connectivity index (χ3v) is 4.18. The normalized spacial score (nSPS) is 10.2. The van der Waals surface area contributed by atoms with Gasteiger partial charge in [0.05, 0.1) is 11.4 Å². The summed E-state index contributed by atoms with van der Waals surface area (Å²) in [6, 6.07) is 18.1. The van der Waals surface area contributed by atoms with Crippen molar-refractivity contribution in [3.05, 3.63) is 76.9 Å². The van der Waals surface area contributed by atoms with Crippen LogP contribution in [0.5, 0.6) is 5.75 Å². The predicted octanol–water partition coefficient (Wildman–Crippen LogP) is 5.36. The van der Waals surface area contributed by atoms with Gasteiger partial charge in [-0.25, -0.2) is 15.2 Å². The van der Waals surface area contributed by atoms with Crippen molar-refractivity contribution in [2.24, 2.45) is 5.22 Å². The number of aromatic nitrogens is 1. The summed E-state index contributed by atoms with van der Waals surface area (Å²) in [4.78, 5) is 15.9. The number of benzene rings is 2. The topological polar surface area (TPSA) is 99.5 Å². The first-order valence-corrected chi connectivity index (χ1v) is 8.82. The molecule has 7 nitrogen and oxygen atoms in total. The summed E-state index contributed by atoms with van der Waals surface area (Å²) in [6.07, 6.45) is 0. The van der Waals surface area contributed by atoms with Gasteiger partial charge in [-0.1, -0.05) is 59.3 Å². The van der Waals surface area contributed by atoms with Gasteiger partial charge in [-0.15, -0.1) is 0 Å². The van der Waals surface area contributed by atoms with Crippen LogP contribution in [0.3, 0.4) is 0 Å². The van der Waals surface area contributed by atoms with Crippen molar-refractivity contribution in [1.82, 2.24) is 10.4 Å². The molecule has 1 heterocycles. The molecular weight excluding hydrogens is 378 g/mol. The number of amides is 2. The van der Waals surface area contributed by atoms with Crippen LogP contribution in [0, 0.1) is 12.5 Å². The van der Waals surface area contributed by atoms with Gasteiger partial charge in [0, 0.05) is 5.56 Å². The Kier molecular flexibility index (Phi) is 6.18. The number of rotatable bonds is 6. The van der Waals surface area contributed by atoms with Crippen LogP contribution < -0.4 is 15.5 Å². The number of carbonyl (C=O) groups is 1. The molecule has 0 bridgehead atoms. The van der Waals surface area contributed by atoms with Gasteiger partial charge in [-0.05, 0) is 36.2 Å². The van der Waals surface area contributed by atoms with Crippen LogP contribution in [0.2, 0.25) is 5.15 Å². The van der Waals surface area contributed by atoms with Crippen LogP contribution in [0.4, 0.5) is 10.5 Å². The number of halogens is 1. The van der Waals surface area contributed by atoms with E-state index in [-0.39, 0.29) is 0 Å². The molecule has 8 heteroatoms. The fraction of sp³-hybridized carbons (Fsp3) is 0.100. The average Bonchev–Trinajstić information content (AvgIpc) is 2.68. The highest BCUT2D eigenvalue weighted by Gasteiger charge is 2.10. The van der Waals surface area contributed by atoms with Gasteiger partial charge in [0.1, 0.15) is 17.5 Å². The molecule has 1 aromatic heterocycles. The first-order valence-electron chi connectivity index (χ1n) is 8.44. The van der Waals surface area contributed by atoms with Crippen LogP contribution in [0.15, 0.2) is 65.9 Å². The van der Waals surface area contributed by atoms with Crippen molar-refractivity contribution in [3.8, 4) is 17.0 Å². The molecule has 0 radical (unpaired) electrons. The number of hydrogen-bond acceptors (Lipinski definition) is 5. The molecule has 0 saturated carbocycles. The Bertz CT molecular complexity index is 992. The van der Waals surface area contributed by atoms with E-state index in [4.69, 9.17) is 21.9 Å². The summed E-state index contributed by atoms with van der Waals surface area (Å²) in [5.41, 5.74) is 12.8. The molecule has 0 aliphatic heterocycles. The van der Waals surface area contributed by atoms with Crippen molar-refractivity contribution in [1.29, 1.82) is 5.53 Å². The van der Waals surface area contributed by atoms with Crippen molar-refractivity contribution < 1.29 is 9.53 Å². The highest BCUT2D eigenvalue weighted by Crippen LogP contribution is 2.29. The molecule has 28 heavy (non-hydrogen) atoms. The van der Waals surface area contributed by atoms with E-state index in [0.29, 0.717) is 23.2 Å². The quantitative estimate of drug-likeness (QED) is 0.297. The van der Waals surface area contributed by atoms with Crippen LogP contribution >= 0.6 is 11.6 Å². The van der Waals surface area contributed by atoms with Crippen LogP contribution in [-0.4, -0.2) is 11.0 Å². The third-order valence-electron chi connectivity index (χ3n) is 3.97. The number of nitrogens with one attached hydrogen (secondary N) is 3. The highest BCUT2D eigenvalue weighted by atomic mass is 35.5. The summed E-state index contributed by atoms with van der Waals surface area (Å²) in [5, 5.41) is 5.92. The number of nitrogens with zero attached hydrogens (tertiary/aromatic N) is 2. The Morgan fingerprint density at radius 1 is 1.14 bits per heavy atom. The lowest BCUT2D eigenvalue weighted by atomic mass is 10.1. The molecule has 0 spiro atoms. The molecule has 3 rings (SSSR count). The van der Waals surface area contributed by atoms with E-state index in [0.717, 1.165) is 22.4 Å². The van der Waals surface area contributed by atoms with E-state index in [1.165, 1.54) is 0 Å². The molecule has 142 valence electrons. The van der Waals surface area contributed by atoms with Gasteiger partial charge >= 0.3 is 6.03 Å². The van der Waals surface area contributed by atoms with Gasteiger partial charge in [0.25, 0.3) is 0 Å². The van der Waals surface area contributed by atoms with E-state index in [1.807, 2.05) is 60.9 Å². The fourth-order valence-electron chi connectivity index (χ4n) is 2.64. The van der Waals surface area contributed by atoms with Crippen LogP contribution in [0.1, 0.15) is 11.1 Å². The van der Waals surface area contributed by atoms with Gasteiger partial charge in [0.15, 0.2) is 0 Å². The number of urea groups is 1. The molecule has 0 saturated heterocycles. The predicted molar refractivity (Wildman–Crippen MR) is 107 cm³/mol. The Morgan fingerprint density at radius 2 is 1.89 bits per heavy atom. The van der Waals surface area contributed by atoms with Gasteiger partial charge in [0.2, 0.25) is 0 Å². The van der Waals surface area contributed by atoms with Gasteiger partial charge in [-0.3, -0.25) is 0 Å². The number of carbonyl (C=O) groups excluding carboxylic acids is 1. The lowest BCUT2D eigenvalue weighted by molar-refractivity contribution is 0.251. The van der Waals surface area contributed by atoms with E-state index in [2.05, 4.69) is 15.5 Å². The number of hydrogen-bond donors (Lipinski definition) is 3. The van der Waals surface area contributed by atoms with Gasteiger partial charge in [-0.2, -0.15) is 5.53 Å².